The minimum absolute atomic E-state index is 0.0289. The minimum atomic E-state index is -0.550. The van der Waals surface area contributed by atoms with Crippen LogP contribution < -0.4 is 4.74 Å². The van der Waals surface area contributed by atoms with Crippen LogP contribution in [0.15, 0.2) is 24.3 Å². The molecule has 0 N–H and O–H groups in total. The van der Waals surface area contributed by atoms with Gasteiger partial charge in [-0.15, -0.1) is 6.42 Å². The summed E-state index contributed by atoms with van der Waals surface area (Å²) in [5.74, 6) is 1.52. The number of carbonyl (C=O) groups excluding carboxylic acids is 3. The van der Waals surface area contributed by atoms with Crippen LogP contribution in [-0.2, 0) is 14.3 Å². The molecule has 3 amide bonds. The van der Waals surface area contributed by atoms with Gasteiger partial charge in [-0.05, 0) is 23.6 Å². The van der Waals surface area contributed by atoms with Crippen LogP contribution in [0.2, 0.25) is 0 Å². The van der Waals surface area contributed by atoms with E-state index in [9.17, 15) is 14.4 Å². The summed E-state index contributed by atoms with van der Waals surface area (Å²) in [5, 5.41) is 0. The van der Waals surface area contributed by atoms with Crippen molar-refractivity contribution >= 4 is 17.9 Å². The second-order valence-corrected chi connectivity index (χ2v) is 6.25. The summed E-state index contributed by atoms with van der Waals surface area (Å²) in [6.07, 6.45) is 5.17. The molecule has 1 atom stereocenters. The molecule has 26 heavy (non-hydrogen) atoms. The highest BCUT2D eigenvalue weighted by atomic mass is 16.5. The Morgan fingerprint density at radius 3 is 2.46 bits per heavy atom. The number of carbonyl (C=O) groups is 3. The third-order valence-corrected chi connectivity index (χ3v) is 4.14. The van der Waals surface area contributed by atoms with Gasteiger partial charge in [-0.25, -0.2) is 9.69 Å². The first-order valence-electron chi connectivity index (χ1n) is 8.22. The van der Waals surface area contributed by atoms with Crippen molar-refractivity contribution in [3.05, 3.63) is 29.8 Å². The van der Waals surface area contributed by atoms with E-state index in [1.165, 1.54) is 4.90 Å². The highest BCUT2D eigenvalue weighted by Gasteiger charge is 2.37. The fraction of sp³-hybridized carbons (Fsp3) is 0.421. The van der Waals surface area contributed by atoms with Gasteiger partial charge in [0, 0.05) is 0 Å². The Bertz CT molecular complexity index is 720. The maximum absolute atomic E-state index is 12.6. The zero-order chi connectivity index (χ0) is 19.3. The maximum atomic E-state index is 12.6. The minimum Gasteiger partial charge on any atom is -0.497 e. The summed E-state index contributed by atoms with van der Waals surface area (Å²) in [4.78, 5) is 38.7. The molecule has 0 bridgehead atoms. The van der Waals surface area contributed by atoms with E-state index in [4.69, 9.17) is 15.9 Å². The van der Waals surface area contributed by atoms with Crippen LogP contribution >= 0.6 is 0 Å². The van der Waals surface area contributed by atoms with Gasteiger partial charge in [0.05, 0.1) is 19.6 Å². The zero-order valence-electron chi connectivity index (χ0n) is 15.1. The first-order chi connectivity index (χ1) is 12.4. The van der Waals surface area contributed by atoms with Crippen LogP contribution in [0.3, 0.4) is 0 Å². The molecule has 1 saturated heterocycles. The molecule has 1 aliphatic heterocycles. The predicted molar refractivity (Wildman–Crippen MR) is 94.2 cm³/mol. The first kappa shape index (κ1) is 19.3. The molecule has 138 valence electrons. The summed E-state index contributed by atoms with van der Waals surface area (Å²) in [6, 6.07) is 6.58. The van der Waals surface area contributed by atoms with Gasteiger partial charge in [0.15, 0.2) is 6.73 Å². The van der Waals surface area contributed by atoms with Crippen LogP contribution in [0, 0.1) is 18.3 Å². The fourth-order valence-electron chi connectivity index (χ4n) is 2.78. The lowest BCUT2D eigenvalue weighted by molar-refractivity contribution is -0.151. The first-order valence-corrected chi connectivity index (χ1v) is 8.22. The molecular formula is C19H22N2O5. The topological polar surface area (TPSA) is 76.2 Å². The standard InChI is InChI=1S/C19H22N2O5/c1-5-10-20-11-16(22)21(19(20)24)12-26-18(23)17(13(2)3)14-6-8-15(25-4)9-7-14/h1,6-9,13,17H,10-12H2,2-4H3. The van der Waals surface area contributed by atoms with E-state index in [0.29, 0.717) is 5.75 Å². The fourth-order valence-corrected chi connectivity index (χ4v) is 2.78. The summed E-state index contributed by atoms with van der Waals surface area (Å²) in [6.45, 7) is 3.31. The maximum Gasteiger partial charge on any atom is 0.330 e. The molecule has 0 aliphatic carbocycles. The molecule has 1 heterocycles. The van der Waals surface area contributed by atoms with E-state index < -0.39 is 30.6 Å². The van der Waals surface area contributed by atoms with Gasteiger partial charge in [-0.3, -0.25) is 9.59 Å². The van der Waals surface area contributed by atoms with Crippen molar-refractivity contribution in [2.24, 2.45) is 5.92 Å². The van der Waals surface area contributed by atoms with E-state index in [1.54, 1.807) is 31.4 Å². The Kier molecular flexibility index (Phi) is 6.23. The monoisotopic (exact) mass is 358 g/mol. The van der Waals surface area contributed by atoms with Gasteiger partial charge < -0.3 is 14.4 Å². The average Bonchev–Trinajstić information content (AvgIpc) is 2.87. The second kappa shape index (κ2) is 8.39. The number of urea groups is 1. The highest BCUT2D eigenvalue weighted by Crippen LogP contribution is 2.27. The molecule has 1 aliphatic rings. The van der Waals surface area contributed by atoms with Crippen LogP contribution in [0.5, 0.6) is 5.75 Å². The van der Waals surface area contributed by atoms with E-state index in [0.717, 1.165) is 10.5 Å². The number of ether oxygens (including phenoxy) is 2. The van der Waals surface area contributed by atoms with Crippen LogP contribution in [0.4, 0.5) is 4.79 Å². The van der Waals surface area contributed by atoms with Crippen molar-refractivity contribution in [2.75, 3.05) is 26.9 Å². The van der Waals surface area contributed by atoms with E-state index >= 15 is 0 Å². The van der Waals surface area contributed by atoms with Crippen molar-refractivity contribution in [3.8, 4) is 18.1 Å². The van der Waals surface area contributed by atoms with Crippen molar-refractivity contribution in [2.45, 2.75) is 19.8 Å². The van der Waals surface area contributed by atoms with Crippen LogP contribution in [-0.4, -0.2) is 54.6 Å². The normalized spacial score (nSPS) is 15.2. The Morgan fingerprint density at radius 1 is 1.27 bits per heavy atom. The molecule has 0 saturated carbocycles. The van der Waals surface area contributed by atoms with Crippen LogP contribution in [0.1, 0.15) is 25.3 Å². The highest BCUT2D eigenvalue weighted by molar-refractivity contribution is 6.02. The van der Waals surface area contributed by atoms with Gasteiger partial charge in [0.25, 0.3) is 5.91 Å². The molecular weight excluding hydrogens is 336 g/mol. The van der Waals surface area contributed by atoms with Crippen molar-refractivity contribution in [3.63, 3.8) is 0 Å². The Hall–Kier alpha value is -3.01. The Labute approximate surface area is 152 Å². The number of methoxy groups -OCH3 is 1. The second-order valence-electron chi connectivity index (χ2n) is 6.25. The molecule has 0 radical (unpaired) electrons. The molecule has 1 unspecified atom stereocenters. The number of nitrogens with zero attached hydrogens (tertiary/aromatic N) is 2. The largest absolute Gasteiger partial charge is 0.497 e. The Morgan fingerprint density at radius 2 is 1.92 bits per heavy atom. The summed E-state index contributed by atoms with van der Waals surface area (Å²) >= 11 is 0. The summed E-state index contributed by atoms with van der Waals surface area (Å²) in [5.41, 5.74) is 0.777. The molecule has 7 nitrogen and oxygen atoms in total. The van der Waals surface area contributed by atoms with Gasteiger partial charge in [0.1, 0.15) is 12.3 Å². The quantitative estimate of drug-likeness (QED) is 0.422. The lowest BCUT2D eigenvalue weighted by atomic mass is 9.88. The number of hydrogen-bond donors (Lipinski definition) is 0. The third kappa shape index (κ3) is 4.14. The summed E-state index contributed by atoms with van der Waals surface area (Å²) in [7, 11) is 1.57. The molecule has 1 aromatic carbocycles. The van der Waals surface area contributed by atoms with Crippen molar-refractivity contribution in [1.29, 1.82) is 0 Å². The Balaban J connectivity index is 2.05. The number of benzene rings is 1. The van der Waals surface area contributed by atoms with Gasteiger partial charge in [0.2, 0.25) is 0 Å². The zero-order valence-corrected chi connectivity index (χ0v) is 15.1. The van der Waals surface area contributed by atoms with E-state index in [1.807, 2.05) is 13.8 Å². The van der Waals surface area contributed by atoms with E-state index in [-0.39, 0.29) is 19.0 Å². The molecule has 2 rings (SSSR count). The lowest BCUT2D eigenvalue weighted by Gasteiger charge is -2.22. The SMILES string of the molecule is C#CCN1CC(=O)N(COC(=O)C(c2ccc(OC)cc2)C(C)C)C1=O. The molecule has 1 fully saturated rings. The van der Waals surface area contributed by atoms with Gasteiger partial charge in [-0.2, -0.15) is 0 Å². The molecule has 7 heteroatoms. The number of rotatable bonds is 7. The van der Waals surface area contributed by atoms with E-state index in [2.05, 4.69) is 5.92 Å². The number of imide groups is 1. The number of hydrogen-bond acceptors (Lipinski definition) is 5. The smallest absolute Gasteiger partial charge is 0.330 e. The molecule has 1 aromatic rings. The molecule has 0 spiro atoms. The van der Waals surface area contributed by atoms with Crippen molar-refractivity contribution in [1.82, 2.24) is 9.80 Å². The predicted octanol–water partition coefficient (Wildman–Crippen LogP) is 1.83. The van der Waals surface area contributed by atoms with Gasteiger partial charge >= 0.3 is 12.0 Å². The molecule has 0 aromatic heterocycles. The number of terminal acetylenes is 1. The van der Waals surface area contributed by atoms with Crippen LogP contribution in [0.25, 0.3) is 0 Å². The number of esters is 1. The number of amides is 3. The average molecular weight is 358 g/mol. The van der Waals surface area contributed by atoms with Gasteiger partial charge in [-0.1, -0.05) is 31.9 Å². The lowest BCUT2D eigenvalue weighted by Crippen LogP contribution is -2.36. The van der Waals surface area contributed by atoms with Crippen molar-refractivity contribution < 1.29 is 23.9 Å². The summed E-state index contributed by atoms with van der Waals surface area (Å²) < 4.78 is 10.4. The third-order valence-electron chi connectivity index (χ3n) is 4.14.